The van der Waals surface area contributed by atoms with Crippen LogP contribution < -0.4 is 0 Å². The third-order valence-corrected chi connectivity index (χ3v) is 2.34. The number of hydrogen-bond acceptors (Lipinski definition) is 2. The number of aryl methyl sites for hydroxylation is 1. The maximum Gasteiger partial charge on any atom is 0.0815 e. The van der Waals surface area contributed by atoms with E-state index in [1.165, 1.54) is 0 Å². The number of aliphatic hydroxyl groups is 1. The van der Waals surface area contributed by atoms with E-state index in [-0.39, 0.29) is 6.04 Å². The Kier molecular flexibility index (Phi) is 2.75. The van der Waals surface area contributed by atoms with Crippen LogP contribution >= 0.6 is 11.6 Å². The highest BCUT2D eigenvalue weighted by atomic mass is 35.5. The van der Waals surface area contributed by atoms with E-state index in [0.29, 0.717) is 5.02 Å². The molecule has 0 amide bonds. The number of rotatable bonds is 2. The minimum atomic E-state index is -0.416. The standard InChI is InChI=1S/C8H13ClN2O/c1-5-8(9)4-11(10-5)6(2)7(3)12/h4,6-7,12H,1-3H3. The van der Waals surface area contributed by atoms with Gasteiger partial charge in [0.25, 0.3) is 0 Å². The van der Waals surface area contributed by atoms with Crippen molar-refractivity contribution in [2.45, 2.75) is 32.9 Å². The van der Waals surface area contributed by atoms with Crippen LogP contribution in [0.2, 0.25) is 5.02 Å². The van der Waals surface area contributed by atoms with Gasteiger partial charge in [-0.15, -0.1) is 0 Å². The van der Waals surface area contributed by atoms with Crippen LogP contribution in [0.15, 0.2) is 6.20 Å². The number of aliphatic hydroxyl groups excluding tert-OH is 1. The number of halogens is 1. The zero-order valence-corrected chi connectivity index (χ0v) is 8.21. The highest BCUT2D eigenvalue weighted by Gasteiger charge is 2.13. The molecule has 2 atom stereocenters. The van der Waals surface area contributed by atoms with Crippen LogP contribution in [0, 0.1) is 6.92 Å². The van der Waals surface area contributed by atoms with E-state index in [9.17, 15) is 5.11 Å². The van der Waals surface area contributed by atoms with Gasteiger partial charge in [0.15, 0.2) is 0 Å². The molecule has 0 aliphatic carbocycles. The first-order valence-corrected chi connectivity index (χ1v) is 4.29. The van der Waals surface area contributed by atoms with Crippen molar-refractivity contribution in [3.05, 3.63) is 16.9 Å². The van der Waals surface area contributed by atoms with Crippen LogP contribution in [0.1, 0.15) is 25.6 Å². The van der Waals surface area contributed by atoms with Crippen LogP contribution in [-0.4, -0.2) is 21.0 Å². The summed E-state index contributed by atoms with van der Waals surface area (Å²) >= 11 is 5.81. The van der Waals surface area contributed by atoms with Gasteiger partial charge in [0.1, 0.15) is 0 Å². The van der Waals surface area contributed by atoms with Crippen molar-refractivity contribution in [2.24, 2.45) is 0 Å². The summed E-state index contributed by atoms with van der Waals surface area (Å²) in [4.78, 5) is 0. The molecule has 0 aliphatic rings. The molecule has 4 heteroatoms. The van der Waals surface area contributed by atoms with Crippen molar-refractivity contribution in [1.29, 1.82) is 0 Å². The van der Waals surface area contributed by atoms with E-state index < -0.39 is 6.10 Å². The van der Waals surface area contributed by atoms with Crippen LogP contribution in [0.4, 0.5) is 0 Å². The maximum absolute atomic E-state index is 9.27. The van der Waals surface area contributed by atoms with E-state index in [0.717, 1.165) is 5.69 Å². The van der Waals surface area contributed by atoms with E-state index >= 15 is 0 Å². The molecule has 0 aliphatic heterocycles. The average molecular weight is 189 g/mol. The molecule has 0 saturated carbocycles. The lowest BCUT2D eigenvalue weighted by Gasteiger charge is -2.14. The van der Waals surface area contributed by atoms with E-state index in [4.69, 9.17) is 11.6 Å². The summed E-state index contributed by atoms with van der Waals surface area (Å²) in [5, 5.41) is 14.1. The Balaban J connectivity index is 2.89. The fourth-order valence-electron chi connectivity index (χ4n) is 0.889. The first kappa shape index (κ1) is 9.55. The molecule has 0 bridgehead atoms. The third kappa shape index (κ3) is 1.79. The molecular weight excluding hydrogens is 176 g/mol. The summed E-state index contributed by atoms with van der Waals surface area (Å²) in [6.45, 7) is 5.47. The third-order valence-electron chi connectivity index (χ3n) is 1.97. The summed E-state index contributed by atoms with van der Waals surface area (Å²) in [6, 6.07) is -0.0313. The molecule has 0 spiro atoms. The van der Waals surface area contributed by atoms with Gasteiger partial charge in [0.2, 0.25) is 0 Å². The first-order valence-electron chi connectivity index (χ1n) is 3.91. The van der Waals surface area contributed by atoms with Gasteiger partial charge in [0, 0.05) is 6.20 Å². The molecule has 0 radical (unpaired) electrons. The lowest BCUT2D eigenvalue weighted by Crippen LogP contribution is -2.18. The van der Waals surface area contributed by atoms with E-state index in [1.807, 2.05) is 13.8 Å². The summed E-state index contributed by atoms with van der Waals surface area (Å²) in [5.41, 5.74) is 0.796. The Labute approximate surface area is 77.0 Å². The molecule has 1 aromatic heterocycles. The highest BCUT2D eigenvalue weighted by Crippen LogP contribution is 2.17. The second-order valence-corrected chi connectivity index (χ2v) is 3.43. The SMILES string of the molecule is Cc1nn(C(C)C(C)O)cc1Cl. The van der Waals surface area contributed by atoms with Gasteiger partial charge in [-0.1, -0.05) is 11.6 Å². The summed E-state index contributed by atoms with van der Waals surface area (Å²) in [6.07, 6.45) is 1.31. The van der Waals surface area contributed by atoms with Gasteiger partial charge >= 0.3 is 0 Å². The summed E-state index contributed by atoms with van der Waals surface area (Å²) < 4.78 is 1.68. The maximum atomic E-state index is 9.27. The second-order valence-electron chi connectivity index (χ2n) is 3.02. The molecule has 68 valence electrons. The van der Waals surface area contributed by atoms with Crippen molar-refractivity contribution >= 4 is 11.6 Å². The molecule has 0 aromatic carbocycles. The molecule has 2 unspecified atom stereocenters. The Hall–Kier alpha value is -0.540. The predicted octanol–water partition coefficient (Wildman–Crippen LogP) is 1.79. The van der Waals surface area contributed by atoms with Gasteiger partial charge in [-0.05, 0) is 20.8 Å². The minimum absolute atomic E-state index is 0.0313. The Morgan fingerprint density at radius 3 is 2.50 bits per heavy atom. The molecule has 1 N–H and O–H groups in total. The predicted molar refractivity (Wildman–Crippen MR) is 48.4 cm³/mol. The lowest BCUT2D eigenvalue weighted by molar-refractivity contribution is 0.132. The first-order chi connectivity index (χ1) is 5.52. The molecule has 1 aromatic rings. The zero-order chi connectivity index (χ0) is 9.30. The van der Waals surface area contributed by atoms with Crippen LogP contribution in [0.25, 0.3) is 0 Å². The van der Waals surface area contributed by atoms with Crippen molar-refractivity contribution in [1.82, 2.24) is 9.78 Å². The highest BCUT2D eigenvalue weighted by molar-refractivity contribution is 6.31. The Bertz CT molecular complexity index is 251. The van der Waals surface area contributed by atoms with Gasteiger partial charge in [-0.3, -0.25) is 4.68 Å². The van der Waals surface area contributed by atoms with E-state index in [1.54, 1.807) is 17.8 Å². The molecule has 12 heavy (non-hydrogen) atoms. The van der Waals surface area contributed by atoms with Gasteiger partial charge in [0.05, 0.1) is 22.9 Å². The van der Waals surface area contributed by atoms with Crippen LogP contribution in [0.3, 0.4) is 0 Å². The molecule has 3 nitrogen and oxygen atoms in total. The number of hydrogen-bond donors (Lipinski definition) is 1. The lowest BCUT2D eigenvalue weighted by atomic mass is 10.2. The monoisotopic (exact) mass is 188 g/mol. The normalized spacial score (nSPS) is 16.1. The number of nitrogens with zero attached hydrogens (tertiary/aromatic N) is 2. The minimum Gasteiger partial charge on any atom is -0.391 e. The van der Waals surface area contributed by atoms with Crippen LogP contribution in [0.5, 0.6) is 0 Å². The van der Waals surface area contributed by atoms with Crippen LogP contribution in [-0.2, 0) is 0 Å². The molecular formula is C8H13ClN2O. The fourth-order valence-corrected chi connectivity index (χ4v) is 1.03. The Morgan fingerprint density at radius 2 is 2.17 bits per heavy atom. The fraction of sp³-hybridized carbons (Fsp3) is 0.625. The van der Waals surface area contributed by atoms with Gasteiger partial charge in [-0.2, -0.15) is 5.10 Å². The smallest absolute Gasteiger partial charge is 0.0815 e. The van der Waals surface area contributed by atoms with E-state index in [2.05, 4.69) is 5.10 Å². The summed E-state index contributed by atoms with van der Waals surface area (Å²) in [5.74, 6) is 0. The van der Waals surface area contributed by atoms with Crippen molar-refractivity contribution in [3.63, 3.8) is 0 Å². The van der Waals surface area contributed by atoms with Crippen molar-refractivity contribution in [2.75, 3.05) is 0 Å². The quantitative estimate of drug-likeness (QED) is 0.769. The summed E-state index contributed by atoms with van der Waals surface area (Å²) in [7, 11) is 0. The Morgan fingerprint density at radius 1 is 1.58 bits per heavy atom. The van der Waals surface area contributed by atoms with Crippen molar-refractivity contribution < 1.29 is 5.11 Å². The second kappa shape index (κ2) is 3.46. The molecule has 1 rings (SSSR count). The largest absolute Gasteiger partial charge is 0.391 e. The molecule has 1 heterocycles. The van der Waals surface area contributed by atoms with Gasteiger partial charge in [-0.25, -0.2) is 0 Å². The number of aromatic nitrogens is 2. The topological polar surface area (TPSA) is 38.0 Å². The molecule has 0 fully saturated rings. The average Bonchev–Trinajstić information content (AvgIpc) is 2.30. The van der Waals surface area contributed by atoms with Crippen molar-refractivity contribution in [3.8, 4) is 0 Å². The molecule has 0 saturated heterocycles. The zero-order valence-electron chi connectivity index (χ0n) is 7.45. The van der Waals surface area contributed by atoms with Gasteiger partial charge < -0.3 is 5.11 Å².